The lowest BCUT2D eigenvalue weighted by Gasteiger charge is -2.10. The van der Waals surface area contributed by atoms with Crippen LogP contribution in [0.5, 0.6) is 0 Å². The number of carbonyl (C=O) groups excluding carboxylic acids is 1. The molecule has 1 aromatic carbocycles. The van der Waals surface area contributed by atoms with Gasteiger partial charge in [0, 0.05) is 12.2 Å². The molecule has 8 heteroatoms. The Kier molecular flexibility index (Phi) is 5.73. The molecule has 0 aliphatic carbocycles. The fraction of sp³-hybridized carbons (Fsp3) is 0.357. The molecule has 0 aliphatic heterocycles. The van der Waals surface area contributed by atoms with Crippen LogP contribution in [0.2, 0.25) is 0 Å². The first-order chi connectivity index (χ1) is 10.5. The number of hydrogen-bond acceptors (Lipinski definition) is 6. The van der Waals surface area contributed by atoms with Crippen LogP contribution >= 0.6 is 23.1 Å². The normalized spacial score (nSPS) is 12.0. The Balaban J connectivity index is 1.94. The van der Waals surface area contributed by atoms with Crippen LogP contribution in [0, 0.1) is 12.7 Å². The van der Waals surface area contributed by atoms with Crippen LogP contribution in [0.15, 0.2) is 22.5 Å². The third-order valence-electron chi connectivity index (χ3n) is 2.82. The van der Waals surface area contributed by atoms with Crippen LogP contribution in [0.4, 0.5) is 15.2 Å². The van der Waals surface area contributed by atoms with Gasteiger partial charge in [0.1, 0.15) is 5.82 Å². The minimum absolute atomic E-state index is 0.201. The number of aromatic nitrogens is 2. The van der Waals surface area contributed by atoms with Crippen LogP contribution in [-0.4, -0.2) is 27.9 Å². The minimum atomic E-state index is -0.355. The van der Waals surface area contributed by atoms with E-state index in [4.69, 9.17) is 0 Å². The number of anilines is 2. The molecule has 0 spiro atoms. The molecule has 0 radical (unpaired) electrons. The molecule has 5 nitrogen and oxygen atoms in total. The SMILES string of the molecule is CCNc1nnc(S[C@@H](C)C(=O)Nc2ccc(C)c(F)c2)s1. The summed E-state index contributed by atoms with van der Waals surface area (Å²) < 4.78 is 14.2. The van der Waals surface area contributed by atoms with Gasteiger partial charge < -0.3 is 10.6 Å². The third-order valence-corrected chi connectivity index (χ3v) is 4.89. The number of halogens is 1. The second-order valence-electron chi connectivity index (χ2n) is 4.62. The van der Waals surface area contributed by atoms with Crippen molar-refractivity contribution in [2.45, 2.75) is 30.4 Å². The van der Waals surface area contributed by atoms with Gasteiger partial charge in [-0.25, -0.2) is 4.39 Å². The van der Waals surface area contributed by atoms with Gasteiger partial charge in [-0.3, -0.25) is 4.79 Å². The fourth-order valence-corrected chi connectivity index (χ4v) is 3.56. The first-order valence-electron chi connectivity index (χ1n) is 6.80. The summed E-state index contributed by atoms with van der Waals surface area (Å²) in [6.45, 7) is 6.20. The Labute approximate surface area is 136 Å². The van der Waals surface area contributed by atoms with Gasteiger partial charge in [-0.05, 0) is 38.5 Å². The molecule has 0 unspecified atom stereocenters. The summed E-state index contributed by atoms with van der Waals surface area (Å²) in [6.07, 6.45) is 0. The van der Waals surface area contributed by atoms with Crippen molar-refractivity contribution in [3.05, 3.63) is 29.6 Å². The Hall–Kier alpha value is -1.67. The molecule has 1 atom stereocenters. The van der Waals surface area contributed by atoms with Gasteiger partial charge in [0.05, 0.1) is 5.25 Å². The highest BCUT2D eigenvalue weighted by atomic mass is 32.2. The van der Waals surface area contributed by atoms with Gasteiger partial charge in [-0.2, -0.15) is 0 Å². The number of nitrogens with zero attached hydrogens (tertiary/aromatic N) is 2. The van der Waals surface area contributed by atoms with Gasteiger partial charge in [0.2, 0.25) is 11.0 Å². The number of thioether (sulfide) groups is 1. The van der Waals surface area contributed by atoms with Crippen molar-refractivity contribution in [3.63, 3.8) is 0 Å². The lowest BCUT2D eigenvalue weighted by atomic mass is 10.2. The highest BCUT2D eigenvalue weighted by molar-refractivity contribution is 8.02. The Morgan fingerprint density at radius 3 is 2.91 bits per heavy atom. The van der Waals surface area contributed by atoms with Crippen molar-refractivity contribution in [1.29, 1.82) is 0 Å². The fourth-order valence-electron chi connectivity index (χ4n) is 1.60. The maximum Gasteiger partial charge on any atom is 0.237 e. The van der Waals surface area contributed by atoms with Crippen LogP contribution in [0.3, 0.4) is 0 Å². The van der Waals surface area contributed by atoms with Gasteiger partial charge in [-0.15, -0.1) is 10.2 Å². The van der Waals surface area contributed by atoms with Gasteiger partial charge in [0.25, 0.3) is 0 Å². The number of aryl methyl sites for hydroxylation is 1. The van der Waals surface area contributed by atoms with Gasteiger partial charge >= 0.3 is 0 Å². The summed E-state index contributed by atoms with van der Waals surface area (Å²) in [7, 11) is 0. The number of nitrogens with one attached hydrogen (secondary N) is 2. The molecule has 0 saturated heterocycles. The standard InChI is InChI=1S/C14H17FN4OS2/c1-4-16-13-18-19-14(22-13)21-9(3)12(20)17-10-6-5-8(2)11(15)7-10/h5-7,9H,4H2,1-3H3,(H,16,18)(H,17,20)/t9-/m0/s1. The second-order valence-corrected chi connectivity index (χ2v) is 7.18. The summed E-state index contributed by atoms with van der Waals surface area (Å²) in [5.74, 6) is -0.536. The smallest absolute Gasteiger partial charge is 0.237 e. The van der Waals surface area contributed by atoms with Crippen molar-refractivity contribution in [2.24, 2.45) is 0 Å². The van der Waals surface area contributed by atoms with Crippen molar-refractivity contribution in [2.75, 3.05) is 17.2 Å². The van der Waals surface area contributed by atoms with E-state index in [1.807, 2.05) is 6.92 Å². The Bertz CT molecular complexity index is 662. The molecular weight excluding hydrogens is 323 g/mol. The molecule has 0 aliphatic rings. The average molecular weight is 340 g/mol. The van der Waals surface area contributed by atoms with Crippen molar-refractivity contribution in [1.82, 2.24) is 10.2 Å². The zero-order valence-electron chi connectivity index (χ0n) is 12.5. The van der Waals surface area contributed by atoms with Crippen molar-refractivity contribution in [3.8, 4) is 0 Å². The molecule has 0 bridgehead atoms. The molecule has 1 heterocycles. The summed E-state index contributed by atoms with van der Waals surface area (Å²) in [5, 5.41) is 14.2. The molecule has 2 rings (SSSR count). The van der Waals surface area contributed by atoms with Crippen LogP contribution < -0.4 is 10.6 Å². The highest BCUT2D eigenvalue weighted by Crippen LogP contribution is 2.29. The summed E-state index contributed by atoms with van der Waals surface area (Å²) in [5.41, 5.74) is 0.997. The van der Waals surface area contributed by atoms with E-state index in [0.717, 1.165) is 11.7 Å². The summed E-state index contributed by atoms with van der Waals surface area (Å²) >= 11 is 2.73. The molecule has 0 fully saturated rings. The molecule has 1 amide bonds. The van der Waals surface area contributed by atoms with Crippen LogP contribution in [0.1, 0.15) is 19.4 Å². The average Bonchev–Trinajstić information content (AvgIpc) is 2.90. The summed E-state index contributed by atoms with van der Waals surface area (Å²) in [4.78, 5) is 12.1. The number of hydrogen-bond donors (Lipinski definition) is 2. The largest absolute Gasteiger partial charge is 0.360 e. The minimum Gasteiger partial charge on any atom is -0.360 e. The molecule has 118 valence electrons. The predicted octanol–water partition coefficient (Wildman–Crippen LogP) is 3.54. The highest BCUT2D eigenvalue weighted by Gasteiger charge is 2.17. The van der Waals surface area contributed by atoms with Gasteiger partial charge in [0.15, 0.2) is 4.34 Å². The lowest BCUT2D eigenvalue weighted by Crippen LogP contribution is -2.22. The third kappa shape index (κ3) is 4.41. The molecule has 1 aromatic heterocycles. The lowest BCUT2D eigenvalue weighted by molar-refractivity contribution is -0.115. The molecule has 2 aromatic rings. The number of amides is 1. The molecule has 22 heavy (non-hydrogen) atoms. The predicted molar refractivity (Wildman–Crippen MR) is 89.2 cm³/mol. The monoisotopic (exact) mass is 340 g/mol. The molecule has 0 saturated carbocycles. The number of carbonyl (C=O) groups is 1. The van der Waals surface area contributed by atoms with E-state index >= 15 is 0 Å². The second kappa shape index (κ2) is 7.55. The van der Waals surface area contributed by atoms with Crippen molar-refractivity contribution < 1.29 is 9.18 Å². The van der Waals surface area contributed by atoms with E-state index in [-0.39, 0.29) is 17.0 Å². The van der Waals surface area contributed by atoms with E-state index < -0.39 is 0 Å². The molecular formula is C14H17FN4OS2. The van der Waals surface area contributed by atoms with E-state index in [1.54, 1.807) is 26.0 Å². The maximum absolute atomic E-state index is 13.5. The van der Waals surface area contributed by atoms with Crippen molar-refractivity contribution >= 4 is 39.8 Å². The quantitative estimate of drug-likeness (QED) is 0.788. The van der Waals surface area contributed by atoms with Gasteiger partial charge in [-0.1, -0.05) is 29.2 Å². The van der Waals surface area contributed by atoms with E-state index in [2.05, 4.69) is 20.8 Å². The topological polar surface area (TPSA) is 66.9 Å². The van der Waals surface area contributed by atoms with E-state index in [1.165, 1.54) is 29.2 Å². The zero-order chi connectivity index (χ0) is 16.1. The van der Waals surface area contributed by atoms with Crippen LogP contribution in [-0.2, 0) is 4.79 Å². The molecule has 2 N–H and O–H groups in total. The first kappa shape index (κ1) is 16.7. The Morgan fingerprint density at radius 2 is 2.23 bits per heavy atom. The Morgan fingerprint density at radius 1 is 1.45 bits per heavy atom. The zero-order valence-corrected chi connectivity index (χ0v) is 14.1. The summed E-state index contributed by atoms with van der Waals surface area (Å²) in [6, 6.07) is 4.64. The van der Waals surface area contributed by atoms with E-state index in [9.17, 15) is 9.18 Å². The van der Waals surface area contributed by atoms with Crippen LogP contribution in [0.25, 0.3) is 0 Å². The van der Waals surface area contributed by atoms with E-state index in [0.29, 0.717) is 15.6 Å². The number of benzene rings is 1. The first-order valence-corrected chi connectivity index (χ1v) is 8.50. The number of rotatable bonds is 6. The maximum atomic E-state index is 13.5.